The van der Waals surface area contributed by atoms with Crippen LogP contribution in [0.3, 0.4) is 0 Å². The quantitative estimate of drug-likeness (QED) is 0.595. The molecular formula is C4H9ClO3S. The molecule has 1 unspecified atom stereocenters. The van der Waals surface area contributed by atoms with E-state index in [0.29, 0.717) is 6.42 Å². The normalized spacial score (nSPS) is 15.4. The first kappa shape index (κ1) is 9.20. The molecule has 0 aromatic carbocycles. The maximum Gasteiger partial charge on any atom is 0.259 e. The van der Waals surface area contributed by atoms with Crippen LogP contribution in [-0.4, -0.2) is 21.0 Å². The molecule has 0 spiro atoms. The van der Waals surface area contributed by atoms with Gasteiger partial charge in [-0.25, -0.2) is 8.42 Å². The molecule has 0 radical (unpaired) electrons. The Bertz CT molecular complexity index is 159. The molecule has 56 valence electrons. The predicted octanol–water partition coefficient (Wildman–Crippen LogP) is 0.938. The molecule has 0 bridgehead atoms. The standard InChI is InChI=1S/C4H9ClO3S/c1-3-4(8-2)9(5,6)7/h4H,3H2,1-2H3. The Morgan fingerprint density at radius 2 is 2.11 bits per heavy atom. The van der Waals surface area contributed by atoms with E-state index in [1.165, 1.54) is 7.11 Å². The summed E-state index contributed by atoms with van der Waals surface area (Å²) in [5.74, 6) is 0. The first-order valence-electron chi connectivity index (χ1n) is 2.48. The van der Waals surface area contributed by atoms with Gasteiger partial charge in [-0.15, -0.1) is 0 Å². The Morgan fingerprint density at radius 3 is 2.11 bits per heavy atom. The third-order valence-electron chi connectivity index (χ3n) is 0.910. The first-order valence-corrected chi connectivity index (χ1v) is 4.86. The first-order chi connectivity index (χ1) is 4.02. The smallest absolute Gasteiger partial charge is 0.259 e. The van der Waals surface area contributed by atoms with Crippen molar-refractivity contribution in [3.05, 3.63) is 0 Å². The zero-order chi connectivity index (χ0) is 7.49. The molecule has 0 aromatic heterocycles. The van der Waals surface area contributed by atoms with E-state index in [0.717, 1.165) is 0 Å². The molecule has 0 amide bonds. The summed E-state index contributed by atoms with van der Waals surface area (Å²) in [6, 6.07) is 0. The molecule has 0 aliphatic rings. The highest BCUT2D eigenvalue weighted by Gasteiger charge is 2.19. The molecule has 0 rings (SSSR count). The topological polar surface area (TPSA) is 43.4 Å². The number of methoxy groups -OCH3 is 1. The SMILES string of the molecule is CCC(OC)S(=O)(=O)Cl. The van der Waals surface area contributed by atoms with Crippen LogP contribution >= 0.6 is 10.7 Å². The van der Waals surface area contributed by atoms with Gasteiger partial charge in [0.05, 0.1) is 0 Å². The molecule has 0 heterocycles. The van der Waals surface area contributed by atoms with Gasteiger partial charge in [-0.1, -0.05) is 6.92 Å². The molecule has 0 saturated heterocycles. The van der Waals surface area contributed by atoms with E-state index in [-0.39, 0.29) is 0 Å². The highest BCUT2D eigenvalue weighted by molar-refractivity contribution is 8.14. The van der Waals surface area contributed by atoms with Gasteiger partial charge >= 0.3 is 0 Å². The van der Waals surface area contributed by atoms with Gasteiger partial charge in [0.15, 0.2) is 5.44 Å². The van der Waals surface area contributed by atoms with E-state index in [4.69, 9.17) is 10.7 Å². The largest absolute Gasteiger partial charge is 0.364 e. The van der Waals surface area contributed by atoms with Crippen LogP contribution in [0.2, 0.25) is 0 Å². The average molecular weight is 173 g/mol. The minimum atomic E-state index is -3.52. The maximum atomic E-state index is 10.4. The van der Waals surface area contributed by atoms with E-state index in [9.17, 15) is 8.42 Å². The Balaban J connectivity index is 4.14. The van der Waals surface area contributed by atoms with E-state index >= 15 is 0 Å². The van der Waals surface area contributed by atoms with Crippen molar-refractivity contribution in [2.45, 2.75) is 18.8 Å². The van der Waals surface area contributed by atoms with Gasteiger partial charge in [-0.3, -0.25) is 0 Å². The molecular weight excluding hydrogens is 164 g/mol. The van der Waals surface area contributed by atoms with Crippen molar-refractivity contribution in [3.63, 3.8) is 0 Å². The summed E-state index contributed by atoms with van der Waals surface area (Å²) in [6.07, 6.45) is 0.377. The van der Waals surface area contributed by atoms with Crippen LogP contribution in [0.15, 0.2) is 0 Å². The van der Waals surface area contributed by atoms with Gasteiger partial charge < -0.3 is 4.74 Å². The van der Waals surface area contributed by atoms with Crippen molar-refractivity contribution in [3.8, 4) is 0 Å². The Labute approximate surface area is 59.4 Å². The number of hydrogen-bond donors (Lipinski definition) is 0. The third-order valence-corrected chi connectivity index (χ3v) is 2.66. The van der Waals surface area contributed by atoms with Crippen LogP contribution in [0.4, 0.5) is 0 Å². The van der Waals surface area contributed by atoms with Gasteiger partial charge in [0.1, 0.15) is 0 Å². The summed E-state index contributed by atoms with van der Waals surface area (Å²) in [5.41, 5.74) is -0.862. The lowest BCUT2D eigenvalue weighted by Gasteiger charge is -2.06. The molecule has 9 heavy (non-hydrogen) atoms. The Hall–Kier alpha value is 0.200. The summed E-state index contributed by atoms with van der Waals surface area (Å²) < 4.78 is 25.4. The summed E-state index contributed by atoms with van der Waals surface area (Å²) in [7, 11) is 2.75. The fourth-order valence-electron chi connectivity index (χ4n) is 0.481. The van der Waals surface area contributed by atoms with Crippen molar-refractivity contribution in [2.24, 2.45) is 0 Å². The van der Waals surface area contributed by atoms with Crippen LogP contribution in [-0.2, 0) is 13.8 Å². The summed E-state index contributed by atoms with van der Waals surface area (Å²) >= 11 is 0. The zero-order valence-corrected chi connectivity index (χ0v) is 6.87. The monoisotopic (exact) mass is 172 g/mol. The van der Waals surface area contributed by atoms with Crippen molar-refractivity contribution in [2.75, 3.05) is 7.11 Å². The van der Waals surface area contributed by atoms with E-state index in [1.807, 2.05) is 0 Å². The minimum Gasteiger partial charge on any atom is -0.364 e. The zero-order valence-electron chi connectivity index (χ0n) is 5.30. The van der Waals surface area contributed by atoms with E-state index in [1.54, 1.807) is 6.92 Å². The van der Waals surface area contributed by atoms with Crippen molar-refractivity contribution >= 4 is 19.7 Å². The lowest BCUT2D eigenvalue weighted by Crippen LogP contribution is -2.16. The van der Waals surface area contributed by atoms with Gasteiger partial charge in [0.25, 0.3) is 9.05 Å². The van der Waals surface area contributed by atoms with Gasteiger partial charge in [-0.2, -0.15) is 0 Å². The summed E-state index contributed by atoms with van der Waals surface area (Å²) in [6.45, 7) is 1.69. The molecule has 0 fully saturated rings. The van der Waals surface area contributed by atoms with E-state index < -0.39 is 14.5 Å². The van der Waals surface area contributed by atoms with Crippen LogP contribution in [0.25, 0.3) is 0 Å². The fraction of sp³-hybridized carbons (Fsp3) is 1.00. The molecule has 0 aliphatic carbocycles. The van der Waals surface area contributed by atoms with Crippen LogP contribution < -0.4 is 0 Å². The van der Waals surface area contributed by atoms with Crippen LogP contribution in [0, 0.1) is 0 Å². The van der Waals surface area contributed by atoms with Gasteiger partial charge in [0.2, 0.25) is 0 Å². The van der Waals surface area contributed by atoms with Crippen LogP contribution in [0.5, 0.6) is 0 Å². The highest BCUT2D eigenvalue weighted by atomic mass is 35.7. The second kappa shape index (κ2) is 3.39. The average Bonchev–Trinajstić information content (AvgIpc) is 1.65. The highest BCUT2D eigenvalue weighted by Crippen LogP contribution is 2.10. The van der Waals surface area contributed by atoms with Crippen LogP contribution in [0.1, 0.15) is 13.3 Å². The lowest BCUT2D eigenvalue weighted by molar-refractivity contribution is 0.162. The van der Waals surface area contributed by atoms with Crippen molar-refractivity contribution in [1.82, 2.24) is 0 Å². The maximum absolute atomic E-state index is 10.4. The third kappa shape index (κ3) is 3.03. The van der Waals surface area contributed by atoms with Crippen molar-refractivity contribution in [1.29, 1.82) is 0 Å². The molecule has 0 aliphatic heterocycles. The molecule has 0 aromatic rings. The van der Waals surface area contributed by atoms with Crippen molar-refractivity contribution < 1.29 is 13.2 Å². The number of halogens is 1. The fourth-order valence-corrected chi connectivity index (χ4v) is 1.70. The number of ether oxygens (including phenoxy) is 1. The van der Waals surface area contributed by atoms with E-state index in [2.05, 4.69) is 4.74 Å². The lowest BCUT2D eigenvalue weighted by atomic mass is 10.5. The predicted molar refractivity (Wildman–Crippen MR) is 35.9 cm³/mol. The molecule has 3 nitrogen and oxygen atoms in total. The van der Waals surface area contributed by atoms with Gasteiger partial charge in [0, 0.05) is 17.8 Å². The molecule has 0 saturated carbocycles. The minimum absolute atomic E-state index is 0.377. The second-order valence-corrected chi connectivity index (χ2v) is 4.32. The number of hydrogen-bond acceptors (Lipinski definition) is 3. The summed E-state index contributed by atoms with van der Waals surface area (Å²) in [5, 5.41) is 0. The second-order valence-electron chi connectivity index (χ2n) is 1.55. The Morgan fingerprint density at radius 1 is 1.67 bits per heavy atom. The molecule has 0 N–H and O–H groups in total. The number of rotatable bonds is 3. The Kier molecular flexibility index (Phi) is 3.46. The molecule has 1 atom stereocenters. The van der Waals surface area contributed by atoms with Gasteiger partial charge in [-0.05, 0) is 6.42 Å². The molecule has 5 heteroatoms. The summed E-state index contributed by atoms with van der Waals surface area (Å²) in [4.78, 5) is 0.